The van der Waals surface area contributed by atoms with Gasteiger partial charge in [-0.2, -0.15) is 9.05 Å². The third-order valence-electron chi connectivity index (χ3n) is 2.71. The fraction of sp³-hybridized carbons (Fsp3) is 0.143. The standard InChI is InChI=1S/C14H16O2P/c1-15-17(16-2,13-9-5-3-6-10-13)14-11-7-4-8-12-14/h3-12H,1-2H3/q+1. The molecule has 0 heterocycles. The third-order valence-corrected chi connectivity index (χ3v) is 5.69. The van der Waals surface area contributed by atoms with Gasteiger partial charge in [0.05, 0.1) is 14.2 Å². The van der Waals surface area contributed by atoms with Crippen LogP contribution in [0.2, 0.25) is 0 Å². The molecule has 0 spiro atoms. The van der Waals surface area contributed by atoms with E-state index in [1.165, 1.54) is 0 Å². The fourth-order valence-electron chi connectivity index (χ4n) is 1.89. The highest BCUT2D eigenvalue weighted by Crippen LogP contribution is 2.57. The summed E-state index contributed by atoms with van der Waals surface area (Å²) in [7, 11) is 1.25. The maximum Gasteiger partial charge on any atom is 0.338 e. The van der Waals surface area contributed by atoms with Gasteiger partial charge in [-0.15, -0.1) is 0 Å². The summed E-state index contributed by atoms with van der Waals surface area (Å²) in [6, 6.07) is 20.2. The quantitative estimate of drug-likeness (QED) is 0.773. The van der Waals surface area contributed by atoms with Gasteiger partial charge >= 0.3 is 7.72 Å². The summed E-state index contributed by atoms with van der Waals surface area (Å²) in [6.07, 6.45) is 0. The minimum absolute atomic E-state index is 1.09. The molecule has 0 fully saturated rings. The van der Waals surface area contributed by atoms with Crippen molar-refractivity contribution in [2.45, 2.75) is 0 Å². The predicted octanol–water partition coefficient (Wildman–Crippen LogP) is 2.78. The first-order chi connectivity index (χ1) is 8.33. The zero-order chi connectivity index (χ0) is 12.1. The maximum atomic E-state index is 5.75. The molecule has 88 valence electrons. The van der Waals surface area contributed by atoms with E-state index >= 15 is 0 Å². The molecule has 0 aromatic heterocycles. The molecular weight excluding hydrogens is 231 g/mol. The van der Waals surface area contributed by atoms with E-state index < -0.39 is 7.72 Å². The number of benzene rings is 2. The second kappa shape index (κ2) is 5.42. The highest BCUT2D eigenvalue weighted by Gasteiger charge is 2.45. The lowest BCUT2D eigenvalue weighted by Crippen LogP contribution is -2.24. The zero-order valence-corrected chi connectivity index (χ0v) is 10.9. The molecule has 3 heteroatoms. The largest absolute Gasteiger partial charge is 0.338 e. The van der Waals surface area contributed by atoms with Crippen LogP contribution in [0, 0.1) is 0 Å². The van der Waals surface area contributed by atoms with E-state index in [0.29, 0.717) is 0 Å². The average molecular weight is 247 g/mol. The van der Waals surface area contributed by atoms with Gasteiger partial charge in [0.1, 0.15) is 0 Å². The molecule has 0 saturated carbocycles. The van der Waals surface area contributed by atoms with Gasteiger partial charge in [-0.3, -0.25) is 0 Å². The second-order valence-corrected chi connectivity index (χ2v) is 6.45. The van der Waals surface area contributed by atoms with Gasteiger partial charge in [0.2, 0.25) is 0 Å². The molecule has 0 N–H and O–H groups in total. The molecule has 0 radical (unpaired) electrons. The van der Waals surface area contributed by atoms with Crippen LogP contribution >= 0.6 is 7.72 Å². The number of rotatable bonds is 4. The Labute approximate surface area is 103 Å². The monoisotopic (exact) mass is 247 g/mol. The van der Waals surface area contributed by atoms with Crippen molar-refractivity contribution in [1.29, 1.82) is 0 Å². The Morgan fingerprint density at radius 3 is 1.29 bits per heavy atom. The predicted molar refractivity (Wildman–Crippen MR) is 73.1 cm³/mol. The Hall–Kier alpha value is -1.21. The molecule has 2 aromatic carbocycles. The molecule has 0 aliphatic heterocycles. The molecule has 17 heavy (non-hydrogen) atoms. The van der Waals surface area contributed by atoms with E-state index in [1.807, 2.05) is 60.7 Å². The molecule has 2 rings (SSSR count). The summed E-state index contributed by atoms with van der Waals surface area (Å²) in [5, 5.41) is 2.19. The van der Waals surface area contributed by atoms with Gasteiger partial charge < -0.3 is 0 Å². The van der Waals surface area contributed by atoms with Crippen molar-refractivity contribution in [2.24, 2.45) is 0 Å². The summed E-state index contributed by atoms with van der Waals surface area (Å²) in [5.41, 5.74) is 0. The van der Waals surface area contributed by atoms with Gasteiger partial charge in [-0.05, 0) is 24.3 Å². The van der Waals surface area contributed by atoms with Crippen molar-refractivity contribution in [2.75, 3.05) is 14.2 Å². The van der Waals surface area contributed by atoms with Crippen molar-refractivity contribution in [3.8, 4) is 0 Å². The van der Waals surface area contributed by atoms with E-state index in [1.54, 1.807) is 14.2 Å². The average Bonchev–Trinajstić information content (AvgIpc) is 2.43. The Balaban J connectivity index is 2.54. The molecule has 0 saturated heterocycles. The second-order valence-electron chi connectivity index (χ2n) is 3.59. The van der Waals surface area contributed by atoms with Crippen LogP contribution in [0.1, 0.15) is 0 Å². The zero-order valence-electron chi connectivity index (χ0n) is 10.0. The number of hydrogen-bond acceptors (Lipinski definition) is 2. The summed E-state index contributed by atoms with van der Waals surface area (Å²) in [4.78, 5) is 0. The molecular formula is C14H16O2P+. The van der Waals surface area contributed by atoms with Crippen LogP contribution in [0.5, 0.6) is 0 Å². The van der Waals surface area contributed by atoms with E-state index in [2.05, 4.69) is 0 Å². The van der Waals surface area contributed by atoms with Gasteiger partial charge in [-0.25, -0.2) is 0 Å². The van der Waals surface area contributed by atoms with Crippen molar-refractivity contribution in [3.05, 3.63) is 60.7 Å². The maximum absolute atomic E-state index is 5.75. The van der Waals surface area contributed by atoms with Gasteiger partial charge in [0.15, 0.2) is 10.6 Å². The first kappa shape index (κ1) is 12.3. The molecule has 0 bridgehead atoms. The van der Waals surface area contributed by atoms with Crippen LogP contribution in [0.25, 0.3) is 0 Å². The van der Waals surface area contributed by atoms with Crippen LogP contribution in [0.4, 0.5) is 0 Å². The molecule has 0 atom stereocenters. The third kappa shape index (κ3) is 2.25. The van der Waals surface area contributed by atoms with E-state index in [9.17, 15) is 0 Å². The van der Waals surface area contributed by atoms with Gasteiger partial charge in [0.25, 0.3) is 0 Å². The highest BCUT2D eigenvalue weighted by atomic mass is 31.2. The smallest absolute Gasteiger partial charge is 0.199 e. The molecule has 0 amide bonds. The van der Waals surface area contributed by atoms with Crippen LogP contribution in [0.3, 0.4) is 0 Å². The van der Waals surface area contributed by atoms with Gasteiger partial charge in [0, 0.05) is 0 Å². The fourth-order valence-corrected chi connectivity index (χ4v) is 4.31. The van der Waals surface area contributed by atoms with Crippen molar-refractivity contribution < 1.29 is 9.05 Å². The topological polar surface area (TPSA) is 18.5 Å². The SMILES string of the molecule is CO[P+](OC)(c1ccccc1)c1ccccc1. The summed E-state index contributed by atoms with van der Waals surface area (Å²) in [6.45, 7) is 0. The lowest BCUT2D eigenvalue weighted by molar-refractivity contribution is 0.337. The first-order valence-corrected chi connectivity index (χ1v) is 7.07. The highest BCUT2D eigenvalue weighted by molar-refractivity contribution is 7.81. The van der Waals surface area contributed by atoms with Crippen LogP contribution in [0.15, 0.2) is 60.7 Å². The summed E-state index contributed by atoms with van der Waals surface area (Å²) >= 11 is 0. The minimum atomic E-state index is -2.16. The normalized spacial score (nSPS) is 11.4. The Morgan fingerprint density at radius 1 is 0.647 bits per heavy atom. The molecule has 0 unspecified atom stereocenters. The summed E-state index contributed by atoms with van der Waals surface area (Å²) < 4.78 is 11.5. The molecule has 0 aliphatic rings. The molecule has 0 aliphatic carbocycles. The lowest BCUT2D eigenvalue weighted by Gasteiger charge is -2.20. The van der Waals surface area contributed by atoms with E-state index in [0.717, 1.165) is 10.6 Å². The van der Waals surface area contributed by atoms with Gasteiger partial charge in [-0.1, -0.05) is 36.4 Å². The lowest BCUT2D eigenvalue weighted by atomic mass is 10.4. The van der Waals surface area contributed by atoms with Crippen molar-refractivity contribution >= 4 is 18.3 Å². The Morgan fingerprint density at radius 2 is 1.00 bits per heavy atom. The molecule has 2 nitrogen and oxygen atoms in total. The van der Waals surface area contributed by atoms with Crippen molar-refractivity contribution in [3.63, 3.8) is 0 Å². The Kier molecular flexibility index (Phi) is 3.90. The minimum Gasteiger partial charge on any atom is -0.199 e. The van der Waals surface area contributed by atoms with E-state index in [4.69, 9.17) is 9.05 Å². The van der Waals surface area contributed by atoms with Crippen LogP contribution in [-0.4, -0.2) is 14.2 Å². The van der Waals surface area contributed by atoms with Crippen molar-refractivity contribution in [1.82, 2.24) is 0 Å². The van der Waals surface area contributed by atoms with Crippen LogP contribution in [-0.2, 0) is 9.05 Å². The Bertz CT molecular complexity index is 411. The number of hydrogen-bond donors (Lipinski definition) is 0. The summed E-state index contributed by atoms with van der Waals surface area (Å²) in [5.74, 6) is 0. The van der Waals surface area contributed by atoms with Crippen LogP contribution < -0.4 is 10.6 Å². The first-order valence-electron chi connectivity index (χ1n) is 5.45. The molecule has 2 aromatic rings. The van der Waals surface area contributed by atoms with E-state index in [-0.39, 0.29) is 0 Å².